The van der Waals surface area contributed by atoms with Crippen molar-refractivity contribution in [1.82, 2.24) is 15.3 Å². The molecule has 1 amide bonds. The molecule has 0 saturated heterocycles. The molecule has 2 aromatic rings. The van der Waals surface area contributed by atoms with Crippen molar-refractivity contribution in [3.8, 4) is 17.2 Å². The molecule has 1 aromatic carbocycles. The number of hydrogen-bond acceptors (Lipinski definition) is 7. The molecule has 1 saturated carbocycles. The van der Waals surface area contributed by atoms with Gasteiger partial charge >= 0.3 is 0 Å². The van der Waals surface area contributed by atoms with E-state index in [1.807, 2.05) is 0 Å². The largest absolute Gasteiger partial charge is 0.493 e. The number of carbonyl (C=O) groups is 1. The van der Waals surface area contributed by atoms with Gasteiger partial charge in [0.05, 0.1) is 26.9 Å². The van der Waals surface area contributed by atoms with Crippen LogP contribution < -0.4 is 24.8 Å². The van der Waals surface area contributed by atoms with Crippen LogP contribution in [0.5, 0.6) is 17.2 Å². The molecule has 0 atom stereocenters. The number of nitrogens with one attached hydrogen (secondary N) is 2. The molecule has 28 heavy (non-hydrogen) atoms. The van der Waals surface area contributed by atoms with E-state index in [1.54, 1.807) is 33.5 Å². The number of carbonyl (C=O) groups excluding carboxylic acids is 1. The lowest BCUT2D eigenvalue weighted by Gasteiger charge is -2.22. The molecule has 0 bridgehead atoms. The van der Waals surface area contributed by atoms with Crippen molar-refractivity contribution in [3.63, 3.8) is 0 Å². The first-order valence-electron chi connectivity index (χ1n) is 9.34. The van der Waals surface area contributed by atoms with Crippen molar-refractivity contribution in [1.29, 1.82) is 0 Å². The fraction of sp³-hybridized carbons (Fsp3) is 0.450. The summed E-state index contributed by atoms with van der Waals surface area (Å²) < 4.78 is 16.0. The van der Waals surface area contributed by atoms with Crippen LogP contribution in [0.2, 0.25) is 0 Å². The third-order valence-corrected chi connectivity index (χ3v) is 4.78. The number of amides is 1. The fourth-order valence-corrected chi connectivity index (χ4v) is 3.31. The number of aromatic nitrogens is 2. The van der Waals surface area contributed by atoms with Crippen LogP contribution in [0.3, 0.4) is 0 Å². The van der Waals surface area contributed by atoms with Gasteiger partial charge in [0, 0.05) is 36.3 Å². The van der Waals surface area contributed by atoms with Crippen LogP contribution in [-0.2, 0) is 0 Å². The summed E-state index contributed by atoms with van der Waals surface area (Å²) in [5, 5.41) is 6.14. The molecule has 0 radical (unpaired) electrons. The van der Waals surface area contributed by atoms with E-state index in [-0.39, 0.29) is 11.9 Å². The zero-order valence-corrected chi connectivity index (χ0v) is 16.4. The van der Waals surface area contributed by atoms with Gasteiger partial charge in [-0.1, -0.05) is 19.3 Å². The topological polar surface area (TPSA) is 94.6 Å². The Bertz CT molecular complexity index is 779. The van der Waals surface area contributed by atoms with Gasteiger partial charge in [-0.25, -0.2) is 9.97 Å². The number of benzene rings is 1. The molecule has 150 valence electrons. The quantitative estimate of drug-likeness (QED) is 0.754. The zero-order chi connectivity index (χ0) is 19.9. The van der Waals surface area contributed by atoms with Crippen LogP contribution in [-0.4, -0.2) is 43.2 Å². The zero-order valence-electron chi connectivity index (χ0n) is 16.4. The maximum Gasteiger partial charge on any atom is 0.254 e. The SMILES string of the molecule is COc1cc(Nc2ncc(C(=O)NC3CCCCC3)cn2)cc(OC)c1OC. The summed E-state index contributed by atoms with van der Waals surface area (Å²) in [5.41, 5.74) is 1.12. The van der Waals surface area contributed by atoms with Gasteiger partial charge in [0.25, 0.3) is 5.91 Å². The molecule has 1 aliphatic rings. The van der Waals surface area contributed by atoms with E-state index in [2.05, 4.69) is 20.6 Å². The minimum atomic E-state index is -0.133. The van der Waals surface area contributed by atoms with Crippen LogP contribution >= 0.6 is 0 Å². The number of nitrogens with zero attached hydrogens (tertiary/aromatic N) is 2. The molecular formula is C20H26N4O4. The first-order valence-corrected chi connectivity index (χ1v) is 9.34. The Morgan fingerprint density at radius 2 is 1.57 bits per heavy atom. The summed E-state index contributed by atoms with van der Waals surface area (Å²) in [5.74, 6) is 1.78. The van der Waals surface area contributed by atoms with E-state index in [4.69, 9.17) is 14.2 Å². The van der Waals surface area contributed by atoms with Crippen LogP contribution in [0.4, 0.5) is 11.6 Å². The van der Waals surface area contributed by atoms with E-state index >= 15 is 0 Å². The standard InChI is InChI=1S/C20H26N4O4/c1-26-16-9-15(10-17(27-2)18(16)28-3)24-20-21-11-13(12-22-20)19(25)23-14-7-5-4-6-8-14/h9-12,14H,4-8H2,1-3H3,(H,23,25)(H,21,22,24). The second kappa shape index (κ2) is 9.25. The van der Waals surface area contributed by atoms with Gasteiger partial charge in [0.15, 0.2) is 11.5 Å². The van der Waals surface area contributed by atoms with Crippen molar-refractivity contribution in [3.05, 3.63) is 30.1 Å². The Balaban J connectivity index is 1.69. The molecule has 1 fully saturated rings. The van der Waals surface area contributed by atoms with Crippen molar-refractivity contribution in [2.75, 3.05) is 26.6 Å². The smallest absolute Gasteiger partial charge is 0.254 e. The molecule has 1 aliphatic carbocycles. The van der Waals surface area contributed by atoms with Crippen molar-refractivity contribution in [2.45, 2.75) is 38.1 Å². The average Bonchev–Trinajstić information content (AvgIpc) is 2.74. The second-order valence-electron chi connectivity index (χ2n) is 6.64. The first kappa shape index (κ1) is 19.7. The molecule has 1 heterocycles. The van der Waals surface area contributed by atoms with Gasteiger partial charge in [-0.05, 0) is 12.8 Å². The Morgan fingerprint density at radius 3 is 2.11 bits per heavy atom. The predicted octanol–water partition coefficient (Wildman–Crippen LogP) is 3.31. The molecule has 1 aromatic heterocycles. The summed E-state index contributed by atoms with van der Waals surface area (Å²) in [6.45, 7) is 0. The number of anilines is 2. The average molecular weight is 386 g/mol. The van der Waals surface area contributed by atoms with Gasteiger partial charge in [0.2, 0.25) is 11.7 Å². The van der Waals surface area contributed by atoms with Crippen molar-refractivity contribution >= 4 is 17.5 Å². The molecule has 0 aliphatic heterocycles. The highest BCUT2D eigenvalue weighted by Crippen LogP contribution is 2.40. The van der Waals surface area contributed by atoms with Gasteiger partial charge in [-0.3, -0.25) is 4.79 Å². The minimum Gasteiger partial charge on any atom is -0.493 e. The van der Waals surface area contributed by atoms with E-state index in [1.165, 1.54) is 31.7 Å². The molecule has 0 unspecified atom stereocenters. The maximum absolute atomic E-state index is 12.4. The van der Waals surface area contributed by atoms with Crippen LogP contribution in [0, 0.1) is 0 Å². The lowest BCUT2D eigenvalue weighted by molar-refractivity contribution is 0.0927. The predicted molar refractivity (Wildman–Crippen MR) is 106 cm³/mol. The Hall–Kier alpha value is -3.03. The maximum atomic E-state index is 12.4. The monoisotopic (exact) mass is 386 g/mol. The Kier molecular flexibility index (Phi) is 6.52. The first-order chi connectivity index (χ1) is 13.6. The summed E-state index contributed by atoms with van der Waals surface area (Å²) in [6.07, 6.45) is 8.69. The summed E-state index contributed by atoms with van der Waals surface area (Å²) in [7, 11) is 4.66. The number of rotatable bonds is 7. The minimum absolute atomic E-state index is 0.133. The second-order valence-corrected chi connectivity index (χ2v) is 6.64. The highest BCUT2D eigenvalue weighted by molar-refractivity contribution is 5.93. The molecule has 8 heteroatoms. The third kappa shape index (κ3) is 4.62. The van der Waals surface area contributed by atoms with E-state index in [0.717, 1.165) is 12.8 Å². The van der Waals surface area contributed by atoms with Crippen molar-refractivity contribution in [2.24, 2.45) is 0 Å². The van der Waals surface area contributed by atoms with Crippen molar-refractivity contribution < 1.29 is 19.0 Å². The third-order valence-electron chi connectivity index (χ3n) is 4.78. The van der Waals surface area contributed by atoms with Gasteiger partial charge in [0.1, 0.15) is 0 Å². The van der Waals surface area contributed by atoms with Gasteiger partial charge in [-0.15, -0.1) is 0 Å². The van der Waals surface area contributed by atoms with Crippen LogP contribution in [0.1, 0.15) is 42.5 Å². The van der Waals surface area contributed by atoms with Crippen LogP contribution in [0.15, 0.2) is 24.5 Å². The molecule has 3 rings (SSSR count). The molecule has 8 nitrogen and oxygen atoms in total. The lowest BCUT2D eigenvalue weighted by atomic mass is 9.95. The van der Waals surface area contributed by atoms with E-state index in [9.17, 15) is 4.79 Å². The number of hydrogen-bond donors (Lipinski definition) is 2. The Labute approximate surface area is 164 Å². The summed E-state index contributed by atoms with van der Waals surface area (Å²) >= 11 is 0. The highest BCUT2D eigenvalue weighted by atomic mass is 16.5. The van der Waals surface area contributed by atoms with E-state index in [0.29, 0.717) is 34.4 Å². The number of ether oxygens (including phenoxy) is 3. The highest BCUT2D eigenvalue weighted by Gasteiger charge is 2.17. The summed E-state index contributed by atoms with van der Waals surface area (Å²) in [6, 6.07) is 3.77. The normalized spacial score (nSPS) is 14.2. The van der Waals surface area contributed by atoms with Crippen LogP contribution in [0.25, 0.3) is 0 Å². The molecule has 2 N–H and O–H groups in total. The summed E-state index contributed by atoms with van der Waals surface area (Å²) in [4.78, 5) is 20.9. The molecular weight excluding hydrogens is 360 g/mol. The van der Waals surface area contributed by atoms with Gasteiger partial charge in [-0.2, -0.15) is 0 Å². The van der Waals surface area contributed by atoms with Gasteiger partial charge < -0.3 is 24.8 Å². The lowest BCUT2D eigenvalue weighted by Crippen LogP contribution is -2.36. The molecule has 0 spiro atoms. The number of methoxy groups -OCH3 is 3. The Morgan fingerprint density at radius 1 is 0.964 bits per heavy atom. The van der Waals surface area contributed by atoms with E-state index < -0.39 is 0 Å². The fourth-order valence-electron chi connectivity index (χ4n) is 3.31.